The number of aromatic nitrogens is 3. The van der Waals surface area contributed by atoms with E-state index in [0.29, 0.717) is 17.1 Å². The van der Waals surface area contributed by atoms with Gasteiger partial charge in [-0.1, -0.05) is 18.2 Å². The highest BCUT2D eigenvalue weighted by molar-refractivity contribution is 6.08. The quantitative estimate of drug-likeness (QED) is 0.502. The second-order valence-electron chi connectivity index (χ2n) is 5.47. The van der Waals surface area contributed by atoms with E-state index in [1.54, 1.807) is 0 Å². The number of rotatable bonds is 2. The highest BCUT2D eigenvalue weighted by Crippen LogP contribution is 2.33. The predicted octanol–water partition coefficient (Wildman–Crippen LogP) is 5.01. The smallest absolute Gasteiger partial charge is 0.350 e. The molecule has 0 bridgehead atoms. The van der Waals surface area contributed by atoms with Crippen LogP contribution in [0, 0.1) is 5.82 Å². The summed E-state index contributed by atoms with van der Waals surface area (Å²) in [7, 11) is 0. The van der Waals surface area contributed by atoms with Crippen molar-refractivity contribution in [3.8, 4) is 0 Å². The minimum atomic E-state index is -4.64. The Morgan fingerprint density at radius 1 is 1.00 bits per heavy atom. The first-order valence-corrected chi connectivity index (χ1v) is 7.28. The number of benzene rings is 2. The zero-order valence-electron chi connectivity index (χ0n) is 12.5. The molecule has 0 radical (unpaired) electrons. The molecule has 25 heavy (non-hydrogen) atoms. The van der Waals surface area contributed by atoms with Gasteiger partial charge in [0.05, 0.1) is 5.56 Å². The van der Waals surface area contributed by atoms with Crippen molar-refractivity contribution in [2.45, 2.75) is 6.18 Å². The summed E-state index contributed by atoms with van der Waals surface area (Å²) in [5, 5.41) is 3.60. The van der Waals surface area contributed by atoms with E-state index >= 15 is 0 Å². The van der Waals surface area contributed by atoms with Gasteiger partial charge in [0.25, 0.3) is 0 Å². The summed E-state index contributed by atoms with van der Waals surface area (Å²) in [5.41, 5.74) is 0.848. The van der Waals surface area contributed by atoms with E-state index in [-0.39, 0.29) is 11.5 Å². The van der Waals surface area contributed by atoms with Crippen molar-refractivity contribution in [1.29, 1.82) is 0 Å². The lowest BCUT2D eigenvalue weighted by Crippen LogP contribution is -2.06. The van der Waals surface area contributed by atoms with Gasteiger partial charge in [-0.05, 0) is 24.3 Å². The summed E-state index contributed by atoms with van der Waals surface area (Å²) in [4.78, 5) is 11.4. The van der Waals surface area contributed by atoms with Crippen LogP contribution in [-0.2, 0) is 6.18 Å². The number of alkyl halides is 3. The lowest BCUT2D eigenvalue weighted by molar-refractivity contribution is -0.137. The number of hydrogen-bond donors (Lipinski definition) is 2. The second-order valence-corrected chi connectivity index (χ2v) is 5.47. The summed E-state index contributed by atoms with van der Waals surface area (Å²) in [6.45, 7) is 0. The first-order valence-electron chi connectivity index (χ1n) is 7.28. The minimum absolute atomic E-state index is 0.0500. The lowest BCUT2D eigenvalue weighted by atomic mass is 10.2. The van der Waals surface area contributed by atoms with Crippen molar-refractivity contribution in [2.24, 2.45) is 0 Å². The van der Waals surface area contributed by atoms with Gasteiger partial charge in [-0.3, -0.25) is 0 Å². The molecule has 0 spiro atoms. The normalized spacial score (nSPS) is 12.0. The van der Waals surface area contributed by atoms with Gasteiger partial charge in [-0.15, -0.1) is 0 Å². The maximum atomic E-state index is 13.6. The fourth-order valence-corrected chi connectivity index (χ4v) is 2.70. The van der Waals surface area contributed by atoms with Gasteiger partial charge in [0.2, 0.25) is 0 Å². The molecule has 0 aliphatic carbocycles. The highest BCUT2D eigenvalue weighted by atomic mass is 19.4. The van der Waals surface area contributed by atoms with E-state index in [1.165, 1.54) is 6.33 Å². The summed E-state index contributed by atoms with van der Waals surface area (Å²) in [5.74, 6) is -0.723. The van der Waals surface area contributed by atoms with Gasteiger partial charge in [0.1, 0.15) is 23.2 Å². The Kier molecular flexibility index (Phi) is 3.34. The van der Waals surface area contributed by atoms with Crippen LogP contribution < -0.4 is 5.32 Å². The molecule has 0 atom stereocenters. The van der Waals surface area contributed by atoms with Crippen LogP contribution in [0.2, 0.25) is 0 Å². The molecule has 0 amide bonds. The molecule has 4 rings (SSSR count). The van der Waals surface area contributed by atoms with Crippen molar-refractivity contribution >= 4 is 33.4 Å². The largest absolute Gasteiger partial charge is 0.416 e. The SMILES string of the molecule is Fc1cc(Nc2ncnc3c2[nH]c2ccccc23)cc(C(F)(F)F)c1. The van der Waals surface area contributed by atoms with Crippen LogP contribution in [0.15, 0.2) is 48.8 Å². The Morgan fingerprint density at radius 2 is 1.80 bits per heavy atom. The average Bonchev–Trinajstić information content (AvgIpc) is 2.93. The fourth-order valence-electron chi connectivity index (χ4n) is 2.70. The topological polar surface area (TPSA) is 53.6 Å². The van der Waals surface area contributed by atoms with E-state index in [9.17, 15) is 17.6 Å². The van der Waals surface area contributed by atoms with E-state index in [1.807, 2.05) is 24.3 Å². The Hall–Kier alpha value is -3.16. The first kappa shape index (κ1) is 15.4. The van der Waals surface area contributed by atoms with E-state index in [4.69, 9.17) is 0 Å². The molecule has 0 saturated carbocycles. The monoisotopic (exact) mass is 346 g/mol. The molecule has 0 aliphatic rings. The summed E-state index contributed by atoms with van der Waals surface area (Å²) in [6, 6.07) is 9.68. The molecule has 2 aromatic carbocycles. The van der Waals surface area contributed by atoms with Crippen LogP contribution in [0.5, 0.6) is 0 Å². The molecule has 2 aromatic heterocycles. The zero-order valence-corrected chi connectivity index (χ0v) is 12.5. The van der Waals surface area contributed by atoms with Crippen molar-refractivity contribution in [2.75, 3.05) is 5.32 Å². The standard InChI is InChI=1S/C17H10F4N4/c18-10-5-9(17(19,20)21)6-11(7-10)24-16-15-14(22-8-23-16)12-3-1-2-4-13(12)25-15/h1-8,25H,(H,22,23,24). The van der Waals surface area contributed by atoms with Gasteiger partial charge in [0, 0.05) is 16.6 Å². The number of hydrogen-bond acceptors (Lipinski definition) is 3. The number of para-hydroxylation sites is 1. The van der Waals surface area contributed by atoms with Crippen molar-refractivity contribution < 1.29 is 17.6 Å². The Morgan fingerprint density at radius 3 is 2.60 bits per heavy atom. The lowest BCUT2D eigenvalue weighted by Gasteiger charge is -2.11. The van der Waals surface area contributed by atoms with E-state index in [2.05, 4.69) is 20.3 Å². The molecule has 126 valence electrons. The molecule has 2 heterocycles. The molecule has 2 N–H and O–H groups in total. The molecule has 4 aromatic rings. The molecule has 4 nitrogen and oxygen atoms in total. The molecule has 8 heteroatoms. The molecule has 0 aliphatic heterocycles. The number of H-pyrrole nitrogens is 1. The molecule has 0 saturated heterocycles. The number of halogens is 4. The second kappa shape index (κ2) is 5.44. The number of aromatic amines is 1. The van der Waals surface area contributed by atoms with Gasteiger partial charge in [0.15, 0.2) is 5.82 Å². The Labute approximate surface area is 138 Å². The maximum absolute atomic E-state index is 13.6. The van der Waals surface area contributed by atoms with Gasteiger partial charge < -0.3 is 10.3 Å². The van der Waals surface area contributed by atoms with Crippen LogP contribution >= 0.6 is 0 Å². The minimum Gasteiger partial charge on any atom is -0.350 e. The van der Waals surface area contributed by atoms with Crippen LogP contribution in [0.1, 0.15) is 5.56 Å². The molecule has 0 unspecified atom stereocenters. The third-order valence-electron chi connectivity index (χ3n) is 3.78. The van der Waals surface area contributed by atoms with Crippen LogP contribution in [-0.4, -0.2) is 15.0 Å². The average molecular weight is 346 g/mol. The summed E-state index contributed by atoms with van der Waals surface area (Å²) >= 11 is 0. The Bertz CT molecular complexity index is 1090. The molecule has 0 fully saturated rings. The summed E-state index contributed by atoms with van der Waals surface area (Å²) < 4.78 is 52.1. The van der Waals surface area contributed by atoms with Crippen LogP contribution in [0.4, 0.5) is 29.1 Å². The fraction of sp³-hybridized carbons (Fsp3) is 0.0588. The van der Waals surface area contributed by atoms with Gasteiger partial charge in [-0.2, -0.15) is 13.2 Å². The Balaban J connectivity index is 1.83. The molecular weight excluding hydrogens is 336 g/mol. The molecular formula is C17H10F4N4. The maximum Gasteiger partial charge on any atom is 0.416 e. The predicted molar refractivity (Wildman–Crippen MR) is 86.1 cm³/mol. The third kappa shape index (κ3) is 2.75. The zero-order chi connectivity index (χ0) is 17.6. The first-order chi connectivity index (χ1) is 11.9. The number of fused-ring (bicyclic) bond motifs is 3. The highest BCUT2D eigenvalue weighted by Gasteiger charge is 2.31. The van der Waals surface area contributed by atoms with Crippen molar-refractivity contribution in [3.05, 3.63) is 60.2 Å². The van der Waals surface area contributed by atoms with Gasteiger partial charge in [-0.25, -0.2) is 14.4 Å². The van der Waals surface area contributed by atoms with E-state index in [0.717, 1.165) is 23.0 Å². The van der Waals surface area contributed by atoms with Crippen molar-refractivity contribution in [1.82, 2.24) is 15.0 Å². The number of anilines is 2. The van der Waals surface area contributed by atoms with Crippen LogP contribution in [0.25, 0.3) is 21.9 Å². The summed E-state index contributed by atoms with van der Waals surface area (Å²) in [6.07, 6.45) is -3.34. The van der Waals surface area contributed by atoms with E-state index < -0.39 is 17.6 Å². The van der Waals surface area contributed by atoms with Gasteiger partial charge >= 0.3 is 6.18 Å². The third-order valence-corrected chi connectivity index (χ3v) is 3.78. The number of nitrogens with zero attached hydrogens (tertiary/aromatic N) is 2. The van der Waals surface area contributed by atoms with Crippen molar-refractivity contribution in [3.63, 3.8) is 0 Å². The van der Waals surface area contributed by atoms with Crippen LogP contribution in [0.3, 0.4) is 0 Å². The number of nitrogens with one attached hydrogen (secondary N) is 2.